The van der Waals surface area contributed by atoms with E-state index < -0.39 is 51.4 Å². The van der Waals surface area contributed by atoms with E-state index in [-0.39, 0.29) is 47.3 Å². The zero-order valence-electron chi connectivity index (χ0n) is 53.6. The van der Waals surface area contributed by atoms with Crippen LogP contribution >= 0.6 is 22.7 Å². The number of para-hydroxylation sites is 1. The number of piperidine rings is 1. The lowest BCUT2D eigenvalue weighted by atomic mass is 9.84. The summed E-state index contributed by atoms with van der Waals surface area (Å²) in [6, 6.07) is 27.6. The van der Waals surface area contributed by atoms with Crippen molar-refractivity contribution in [1.82, 2.24) is 45.0 Å². The van der Waals surface area contributed by atoms with E-state index in [0.717, 1.165) is 73.8 Å². The van der Waals surface area contributed by atoms with Crippen molar-refractivity contribution in [2.24, 2.45) is 17.3 Å². The molecule has 0 radical (unpaired) electrons. The maximum atomic E-state index is 14.8. The number of likely N-dealkylation sites (tertiary alicyclic amines) is 1. The number of nitrogens with zero attached hydrogens (tertiary/aromatic N) is 8. The lowest BCUT2D eigenvalue weighted by molar-refractivity contribution is -0.144. The van der Waals surface area contributed by atoms with Crippen LogP contribution in [0.4, 0.5) is 16.6 Å². The third-order valence-corrected chi connectivity index (χ3v) is 22.4. The highest BCUT2D eigenvalue weighted by molar-refractivity contribution is 7.90. The second-order valence-electron chi connectivity index (χ2n) is 26.4. The van der Waals surface area contributed by atoms with Crippen LogP contribution in [0, 0.1) is 38.0 Å². The van der Waals surface area contributed by atoms with Crippen molar-refractivity contribution in [3.05, 3.63) is 154 Å². The Morgan fingerprint density at radius 2 is 1.56 bits per heavy atom. The Morgan fingerprint density at radius 3 is 2.28 bits per heavy atom. The molecule has 4 aliphatic rings. The van der Waals surface area contributed by atoms with E-state index >= 15 is 0 Å². The number of β-amino-alcohol motifs (C(OH)–C–C–N with tert-alkyl or cyclic N) is 1. The Morgan fingerprint density at radius 1 is 0.796 bits per heavy atom. The van der Waals surface area contributed by atoms with E-state index in [2.05, 4.69) is 35.5 Å². The molecule has 20 nitrogen and oxygen atoms in total. The third-order valence-electron chi connectivity index (χ3n) is 18.9. The predicted octanol–water partition coefficient (Wildman–Crippen LogP) is 10.7. The third kappa shape index (κ3) is 14.0. The number of benzene rings is 4. The van der Waals surface area contributed by atoms with Gasteiger partial charge in [0.2, 0.25) is 17.7 Å². The molecule has 5 amide bonds. The number of aliphatic hydroxyl groups excluding tert-OH is 1. The molecule has 3 fully saturated rings. The van der Waals surface area contributed by atoms with E-state index in [1.165, 1.54) is 41.6 Å². The van der Waals surface area contributed by atoms with Crippen molar-refractivity contribution in [2.45, 2.75) is 148 Å². The van der Waals surface area contributed by atoms with Crippen LogP contribution in [0.15, 0.2) is 114 Å². The number of carbonyl (C=O) groups excluding carboxylic acids is 5. The normalized spacial score (nSPS) is 18.0. The van der Waals surface area contributed by atoms with E-state index in [4.69, 9.17) is 10.1 Å². The highest BCUT2D eigenvalue weighted by atomic mass is 32.2. The summed E-state index contributed by atoms with van der Waals surface area (Å²) in [5, 5.41) is 25.3. The molecule has 4 aromatic heterocycles. The summed E-state index contributed by atoms with van der Waals surface area (Å²) in [4.78, 5) is 92.0. The first-order chi connectivity index (χ1) is 44.6. The minimum absolute atomic E-state index is 0.0471. The van der Waals surface area contributed by atoms with Crippen LogP contribution in [0.5, 0.6) is 0 Å². The molecule has 7 heterocycles. The number of thiazole rings is 2. The van der Waals surface area contributed by atoms with Crippen molar-refractivity contribution < 1.29 is 37.5 Å². The molecule has 4 aromatic carbocycles. The van der Waals surface area contributed by atoms with Gasteiger partial charge in [-0.05, 0) is 147 Å². The molecule has 1 aliphatic carbocycles. The largest absolute Gasteiger partial charge is 0.391 e. The Balaban J connectivity index is 0.712. The minimum atomic E-state index is -4.49. The number of carbonyl (C=O) groups is 5. The molecule has 2 saturated heterocycles. The van der Waals surface area contributed by atoms with Crippen LogP contribution in [-0.2, 0) is 43.9 Å². The Bertz CT molecular complexity index is 4220. The number of hydrogen-bond donors (Lipinski definition) is 5. The molecule has 0 unspecified atom stereocenters. The Hall–Kier alpha value is -8.38. The maximum absolute atomic E-state index is 14.8. The molecule has 0 spiro atoms. The van der Waals surface area contributed by atoms with Crippen molar-refractivity contribution in [1.29, 1.82) is 0 Å². The van der Waals surface area contributed by atoms with E-state index in [0.29, 0.717) is 84.6 Å². The van der Waals surface area contributed by atoms with Crippen LogP contribution in [0.3, 0.4) is 0 Å². The first-order valence-corrected chi connectivity index (χ1v) is 35.3. The number of sulfonamides is 1. The predicted molar refractivity (Wildman–Crippen MR) is 363 cm³/mol. The number of anilines is 3. The van der Waals surface area contributed by atoms with Gasteiger partial charge in [-0.3, -0.25) is 34.0 Å². The van der Waals surface area contributed by atoms with Gasteiger partial charge in [0.05, 0.1) is 49.5 Å². The Kier molecular flexibility index (Phi) is 18.7. The summed E-state index contributed by atoms with van der Waals surface area (Å²) in [7, 11) is -4.49. The molecular formula is C70H80N12O8S3. The molecule has 4 atom stereocenters. The average molecular weight is 1310 g/mol. The van der Waals surface area contributed by atoms with Crippen LogP contribution in [0.1, 0.15) is 140 Å². The Labute approximate surface area is 550 Å². The smallest absolute Gasteiger partial charge is 0.284 e. The summed E-state index contributed by atoms with van der Waals surface area (Å²) < 4.78 is 34.4. The first kappa shape index (κ1) is 64.7. The van der Waals surface area contributed by atoms with Gasteiger partial charge in [0, 0.05) is 79.7 Å². The van der Waals surface area contributed by atoms with Gasteiger partial charge in [0.1, 0.15) is 23.6 Å². The summed E-state index contributed by atoms with van der Waals surface area (Å²) in [5.74, 6) is -1.83. The SMILES string of the molecule is Cc1cc(N2CCC(C(=O)N[C@H](C(=O)N3C[C@H](O)C[C@H]3C(=O)N[C@@H](C)c3ccc(-c4scnc4C)cc3)C(C)(C)C)CC2)ccc1S(=O)(=O)NC(=O)c1nc(N2CCc3cccc(C(=O)Nc4nc5ccccc5s4)c3C2)ccc1-c1cnn(CC2CCCCC2)c1C. The van der Waals surface area contributed by atoms with E-state index in [1.807, 2.05) is 129 Å². The molecule has 12 rings (SSSR count). The highest BCUT2D eigenvalue weighted by Crippen LogP contribution is 2.36. The van der Waals surface area contributed by atoms with Gasteiger partial charge in [0.25, 0.3) is 21.8 Å². The van der Waals surface area contributed by atoms with Gasteiger partial charge >= 0.3 is 0 Å². The summed E-state index contributed by atoms with van der Waals surface area (Å²) in [6.45, 7) is 15.5. The number of fused-ring (bicyclic) bond motifs is 2. The molecular weight excluding hydrogens is 1230 g/mol. The second kappa shape index (κ2) is 26.9. The van der Waals surface area contributed by atoms with Gasteiger partial charge in [-0.1, -0.05) is 99.9 Å². The van der Waals surface area contributed by atoms with Crippen LogP contribution in [0.25, 0.3) is 31.8 Å². The number of aromatic nitrogens is 5. The van der Waals surface area contributed by atoms with Crippen LogP contribution < -0.4 is 30.5 Å². The molecule has 0 bridgehead atoms. The fourth-order valence-corrected chi connectivity index (χ4v) is 16.5. The van der Waals surface area contributed by atoms with Gasteiger partial charge in [0.15, 0.2) is 5.13 Å². The lowest BCUT2D eigenvalue weighted by Crippen LogP contribution is -2.59. The van der Waals surface area contributed by atoms with Gasteiger partial charge in [-0.15, -0.1) is 11.3 Å². The van der Waals surface area contributed by atoms with Crippen LogP contribution in [-0.4, -0.2) is 117 Å². The van der Waals surface area contributed by atoms with Crippen molar-refractivity contribution >= 4 is 89.1 Å². The number of amides is 5. The molecule has 3 aliphatic heterocycles. The van der Waals surface area contributed by atoms with Crippen molar-refractivity contribution in [2.75, 3.05) is 41.3 Å². The summed E-state index contributed by atoms with van der Waals surface area (Å²) >= 11 is 2.97. The number of nitrogens with one attached hydrogen (secondary N) is 4. The molecule has 486 valence electrons. The number of aliphatic hydroxyl groups is 1. The quantitative estimate of drug-likeness (QED) is 0.0569. The molecule has 93 heavy (non-hydrogen) atoms. The molecule has 1 saturated carbocycles. The number of aryl methyl sites for hydroxylation is 2. The van der Waals surface area contributed by atoms with Crippen LogP contribution in [0.2, 0.25) is 0 Å². The van der Waals surface area contributed by atoms with E-state index in [9.17, 15) is 37.5 Å². The number of rotatable bonds is 17. The average Bonchev–Trinajstić information content (AvgIpc) is 1.75. The maximum Gasteiger partial charge on any atom is 0.284 e. The zero-order valence-corrected chi connectivity index (χ0v) is 56.0. The lowest BCUT2D eigenvalue weighted by Gasteiger charge is -2.38. The molecule has 5 N–H and O–H groups in total. The fourth-order valence-electron chi connectivity index (χ4n) is 13.6. The van der Waals surface area contributed by atoms with Crippen molar-refractivity contribution in [3.63, 3.8) is 0 Å². The summed E-state index contributed by atoms with van der Waals surface area (Å²) in [5.41, 5.74) is 10.1. The van der Waals surface area contributed by atoms with Crippen molar-refractivity contribution in [3.8, 4) is 21.6 Å². The van der Waals surface area contributed by atoms with E-state index in [1.54, 1.807) is 42.7 Å². The topological polar surface area (TPSA) is 254 Å². The second-order valence-corrected chi connectivity index (χ2v) is 30.0. The van der Waals surface area contributed by atoms with Gasteiger partial charge < -0.3 is 30.4 Å². The number of pyridine rings is 1. The monoisotopic (exact) mass is 1310 g/mol. The standard InChI is InChI=1S/C70H80N12O8S3/c1-41-34-50(79-31-29-49(30-32-79)64(84)76-63(70(5,6)7)68(88)81-38-51(83)35-57(81)66(86)73-42(2)46-20-22-48(23-21-46)62-43(3)71-40-91-62)24-26-59(41)93(89,90)78-67(87)61-52(54-36-72-82(44(54)4)37-45-14-9-8-10-15-45)25-27-60(75-61)80-33-28-47-16-13-17-53(55(47)39-80)65(85)77-69-74-56-18-11-12-19-58(56)92-69/h11-13,16-27,34,36,40,42,45,49,51,57,63,83H,8-10,14-15,28-33,35,37-39H2,1-7H3,(H,73,86)(H,76,84)(H,78,87)(H,74,77,85)/t42-,51+,57-,63+/m0/s1. The molecule has 8 aromatic rings. The first-order valence-electron chi connectivity index (χ1n) is 32.2. The summed E-state index contributed by atoms with van der Waals surface area (Å²) in [6.07, 6.45) is 8.17. The zero-order chi connectivity index (χ0) is 65.5. The minimum Gasteiger partial charge on any atom is -0.391 e. The van der Waals surface area contributed by atoms with Gasteiger partial charge in [-0.2, -0.15) is 5.10 Å². The number of hydrogen-bond acceptors (Lipinski definition) is 16. The fraction of sp³-hybridized carbons (Fsp3) is 0.414. The highest BCUT2D eigenvalue weighted by Gasteiger charge is 2.45. The van der Waals surface area contributed by atoms with Gasteiger partial charge in [-0.25, -0.2) is 28.1 Å². The molecule has 23 heteroatoms.